The van der Waals surface area contributed by atoms with Crippen molar-refractivity contribution in [3.05, 3.63) is 65.2 Å². The molecule has 8 heteroatoms. The number of nitrogens with zero attached hydrogens (tertiary/aromatic N) is 1. The summed E-state index contributed by atoms with van der Waals surface area (Å²) in [6.45, 7) is 4.52. The SMILES string of the molecule is CCCCCCCCOc1ccc(CN(Cc2ccc(C(F)(F)F)cc2)C(=O)C(=O)OCC)cc1. The number of ether oxygens (including phenoxy) is 2. The molecule has 0 saturated carbocycles. The minimum atomic E-state index is -4.45. The summed E-state index contributed by atoms with van der Waals surface area (Å²) in [5.41, 5.74) is 0.442. The number of amides is 1. The maximum Gasteiger partial charge on any atom is 0.416 e. The predicted octanol–water partition coefficient (Wildman–Crippen LogP) is 6.54. The Hall–Kier alpha value is -3.03. The molecule has 0 aromatic heterocycles. The van der Waals surface area contributed by atoms with Crippen molar-refractivity contribution in [2.24, 2.45) is 0 Å². The molecule has 0 N–H and O–H groups in total. The fourth-order valence-electron chi connectivity index (χ4n) is 3.52. The van der Waals surface area contributed by atoms with Gasteiger partial charge in [-0.15, -0.1) is 0 Å². The van der Waals surface area contributed by atoms with Crippen molar-refractivity contribution < 1.29 is 32.2 Å². The van der Waals surface area contributed by atoms with Crippen LogP contribution in [0, 0.1) is 0 Å². The van der Waals surface area contributed by atoms with E-state index in [2.05, 4.69) is 6.92 Å². The second-order valence-corrected chi connectivity index (χ2v) is 8.34. The highest BCUT2D eigenvalue weighted by atomic mass is 19.4. The molecule has 2 rings (SSSR count). The van der Waals surface area contributed by atoms with Crippen molar-refractivity contribution in [3.63, 3.8) is 0 Å². The molecule has 1 amide bonds. The van der Waals surface area contributed by atoms with Gasteiger partial charge in [-0.3, -0.25) is 4.79 Å². The van der Waals surface area contributed by atoms with Gasteiger partial charge in [-0.05, 0) is 48.7 Å². The van der Waals surface area contributed by atoms with Gasteiger partial charge in [0.15, 0.2) is 0 Å². The molecule has 0 unspecified atom stereocenters. The minimum Gasteiger partial charge on any atom is -0.494 e. The molecular weight excluding hydrogens is 459 g/mol. The van der Waals surface area contributed by atoms with Gasteiger partial charge in [0, 0.05) is 13.1 Å². The van der Waals surface area contributed by atoms with E-state index in [0.717, 1.165) is 30.5 Å². The molecule has 0 atom stereocenters. The van der Waals surface area contributed by atoms with Crippen molar-refractivity contribution in [1.82, 2.24) is 4.90 Å². The summed E-state index contributed by atoms with van der Waals surface area (Å²) in [6, 6.07) is 11.7. The van der Waals surface area contributed by atoms with Gasteiger partial charge in [-0.25, -0.2) is 4.79 Å². The van der Waals surface area contributed by atoms with Crippen LogP contribution in [0.15, 0.2) is 48.5 Å². The van der Waals surface area contributed by atoms with Gasteiger partial charge in [0.1, 0.15) is 5.75 Å². The highest BCUT2D eigenvalue weighted by Crippen LogP contribution is 2.29. The number of rotatable bonds is 13. The standard InChI is InChI=1S/C27H34F3NO4/c1-3-5-6-7-8-9-18-35-24-16-12-22(13-17-24)20-31(25(32)26(33)34-4-2)19-21-10-14-23(15-11-21)27(28,29)30/h10-17H,3-9,18-20H2,1-2H3. The quantitative estimate of drug-likeness (QED) is 0.181. The summed E-state index contributed by atoms with van der Waals surface area (Å²) in [5, 5.41) is 0. The number of benzene rings is 2. The van der Waals surface area contributed by atoms with E-state index >= 15 is 0 Å². The summed E-state index contributed by atoms with van der Waals surface area (Å²) in [5.74, 6) is -1.14. The molecule has 0 fully saturated rings. The van der Waals surface area contributed by atoms with Crippen LogP contribution in [0.25, 0.3) is 0 Å². The van der Waals surface area contributed by atoms with E-state index in [0.29, 0.717) is 17.9 Å². The van der Waals surface area contributed by atoms with E-state index in [1.165, 1.54) is 42.7 Å². The molecule has 0 spiro atoms. The van der Waals surface area contributed by atoms with Crippen molar-refractivity contribution >= 4 is 11.9 Å². The third kappa shape index (κ3) is 10.0. The topological polar surface area (TPSA) is 55.8 Å². The molecule has 0 aliphatic rings. The molecule has 0 aliphatic carbocycles. The Labute approximate surface area is 205 Å². The van der Waals surface area contributed by atoms with Crippen LogP contribution in [0.1, 0.15) is 69.1 Å². The van der Waals surface area contributed by atoms with Crippen molar-refractivity contribution in [2.75, 3.05) is 13.2 Å². The minimum absolute atomic E-state index is 0.0356. The zero-order valence-electron chi connectivity index (χ0n) is 20.4. The molecule has 0 heterocycles. The Kier molecular flexibility index (Phi) is 11.6. The van der Waals surface area contributed by atoms with Gasteiger partial charge in [-0.1, -0.05) is 63.3 Å². The normalized spacial score (nSPS) is 11.2. The lowest BCUT2D eigenvalue weighted by Crippen LogP contribution is -2.36. The number of hydrogen-bond donors (Lipinski definition) is 0. The Morgan fingerprint density at radius 1 is 0.800 bits per heavy atom. The van der Waals surface area contributed by atoms with E-state index in [1.807, 2.05) is 0 Å². The summed E-state index contributed by atoms with van der Waals surface area (Å²) in [7, 11) is 0. The Balaban J connectivity index is 2.00. The summed E-state index contributed by atoms with van der Waals surface area (Å²) in [6.07, 6.45) is 2.61. The van der Waals surface area contributed by atoms with Crippen LogP contribution in [0.2, 0.25) is 0 Å². The third-order valence-electron chi connectivity index (χ3n) is 5.46. The highest BCUT2D eigenvalue weighted by molar-refractivity contribution is 6.32. The molecule has 0 radical (unpaired) electrons. The van der Waals surface area contributed by atoms with Gasteiger partial charge in [-0.2, -0.15) is 13.2 Å². The highest BCUT2D eigenvalue weighted by Gasteiger charge is 2.30. The van der Waals surface area contributed by atoms with Gasteiger partial charge in [0.2, 0.25) is 0 Å². The van der Waals surface area contributed by atoms with E-state index in [-0.39, 0.29) is 19.7 Å². The fourth-order valence-corrected chi connectivity index (χ4v) is 3.52. The molecule has 35 heavy (non-hydrogen) atoms. The molecule has 192 valence electrons. The monoisotopic (exact) mass is 493 g/mol. The first kappa shape index (κ1) is 28.2. The van der Waals surface area contributed by atoms with Crippen LogP contribution in [0.3, 0.4) is 0 Å². The van der Waals surface area contributed by atoms with Gasteiger partial charge in [0.05, 0.1) is 18.8 Å². The van der Waals surface area contributed by atoms with Crippen LogP contribution >= 0.6 is 0 Å². The molecule has 0 aliphatic heterocycles. The first-order valence-corrected chi connectivity index (χ1v) is 12.1. The number of esters is 1. The fraction of sp³-hybridized carbons (Fsp3) is 0.481. The first-order chi connectivity index (χ1) is 16.7. The largest absolute Gasteiger partial charge is 0.494 e. The van der Waals surface area contributed by atoms with E-state index in [1.54, 1.807) is 31.2 Å². The van der Waals surface area contributed by atoms with Gasteiger partial charge < -0.3 is 14.4 Å². The lowest BCUT2D eigenvalue weighted by molar-refractivity contribution is -0.160. The van der Waals surface area contributed by atoms with Crippen LogP contribution < -0.4 is 4.74 Å². The molecule has 2 aromatic rings. The smallest absolute Gasteiger partial charge is 0.416 e. The predicted molar refractivity (Wildman–Crippen MR) is 128 cm³/mol. The second-order valence-electron chi connectivity index (χ2n) is 8.34. The number of unbranched alkanes of at least 4 members (excludes halogenated alkanes) is 5. The Morgan fingerprint density at radius 3 is 1.89 bits per heavy atom. The lowest BCUT2D eigenvalue weighted by atomic mass is 10.1. The lowest BCUT2D eigenvalue weighted by Gasteiger charge is -2.22. The van der Waals surface area contributed by atoms with Crippen molar-refractivity contribution in [1.29, 1.82) is 0 Å². The van der Waals surface area contributed by atoms with Crippen LogP contribution in [-0.2, 0) is 33.6 Å². The third-order valence-corrected chi connectivity index (χ3v) is 5.46. The summed E-state index contributed by atoms with van der Waals surface area (Å²) in [4.78, 5) is 26.0. The number of alkyl halides is 3. The van der Waals surface area contributed by atoms with Gasteiger partial charge in [0.25, 0.3) is 0 Å². The molecule has 0 bridgehead atoms. The Bertz CT molecular complexity index is 912. The first-order valence-electron chi connectivity index (χ1n) is 12.1. The number of carbonyl (C=O) groups is 2. The number of hydrogen-bond acceptors (Lipinski definition) is 4. The van der Waals surface area contributed by atoms with Crippen molar-refractivity contribution in [3.8, 4) is 5.75 Å². The zero-order valence-corrected chi connectivity index (χ0v) is 20.4. The van der Waals surface area contributed by atoms with Gasteiger partial charge >= 0.3 is 18.1 Å². The van der Waals surface area contributed by atoms with Crippen LogP contribution in [0.5, 0.6) is 5.75 Å². The maximum atomic E-state index is 12.8. The average Bonchev–Trinajstić information content (AvgIpc) is 2.83. The van der Waals surface area contributed by atoms with Crippen LogP contribution in [0.4, 0.5) is 13.2 Å². The Morgan fingerprint density at radius 2 is 1.34 bits per heavy atom. The molecule has 2 aromatic carbocycles. The molecule has 0 saturated heterocycles. The average molecular weight is 494 g/mol. The second kappa shape index (κ2) is 14.4. The van der Waals surface area contributed by atoms with E-state index < -0.39 is 23.6 Å². The molecule has 5 nitrogen and oxygen atoms in total. The van der Waals surface area contributed by atoms with E-state index in [4.69, 9.17) is 9.47 Å². The maximum absolute atomic E-state index is 12.8. The zero-order chi connectivity index (χ0) is 25.7. The summed E-state index contributed by atoms with van der Waals surface area (Å²) >= 11 is 0. The molecular formula is C27H34F3NO4. The van der Waals surface area contributed by atoms with Crippen LogP contribution in [-0.4, -0.2) is 30.0 Å². The van der Waals surface area contributed by atoms with E-state index in [9.17, 15) is 22.8 Å². The summed E-state index contributed by atoms with van der Waals surface area (Å²) < 4.78 is 49.1. The number of halogens is 3. The number of carbonyl (C=O) groups excluding carboxylic acids is 2. The van der Waals surface area contributed by atoms with Crippen molar-refractivity contribution in [2.45, 2.75) is 71.6 Å².